The summed E-state index contributed by atoms with van der Waals surface area (Å²) in [5.74, 6) is -0.0118. The molecule has 134 valence electrons. The van der Waals surface area contributed by atoms with Gasteiger partial charge in [-0.15, -0.1) is 0 Å². The minimum atomic E-state index is -1.46. The van der Waals surface area contributed by atoms with Crippen molar-refractivity contribution < 1.29 is 40.1 Å². The van der Waals surface area contributed by atoms with Crippen LogP contribution < -0.4 is 0 Å². The number of aliphatic hydroxyl groups excluding tert-OH is 6. The number of aliphatic hydroxyl groups is 6. The third-order valence-corrected chi connectivity index (χ3v) is 4.67. The average Bonchev–Trinajstić information content (AvgIpc) is 2.96. The third-order valence-electron chi connectivity index (χ3n) is 4.67. The van der Waals surface area contributed by atoms with Gasteiger partial charge in [0, 0.05) is 12.5 Å². The molecule has 8 nitrogen and oxygen atoms in total. The molecule has 1 fully saturated rings. The molecule has 1 aliphatic heterocycles. The summed E-state index contributed by atoms with van der Waals surface area (Å²) in [5.41, 5.74) is 1.86. The van der Waals surface area contributed by atoms with E-state index < -0.39 is 37.3 Å². The molecule has 6 N–H and O–H groups in total. The summed E-state index contributed by atoms with van der Waals surface area (Å²) >= 11 is 0. The Morgan fingerprint density at radius 3 is 2.35 bits per heavy atom. The summed E-state index contributed by atoms with van der Waals surface area (Å²) in [5, 5.41) is 57.0. The van der Waals surface area contributed by atoms with E-state index in [1.165, 1.54) is 0 Å². The molecule has 0 aromatic heterocycles. The van der Waals surface area contributed by atoms with E-state index in [9.17, 15) is 25.5 Å². The van der Waals surface area contributed by atoms with Crippen LogP contribution in [0.1, 0.15) is 19.3 Å². The number of ether oxygens (including phenoxy) is 2. The van der Waals surface area contributed by atoms with Crippen LogP contribution in [0.4, 0.5) is 0 Å². The monoisotopic (exact) mass is 334 g/mol. The van der Waals surface area contributed by atoms with Crippen molar-refractivity contribution in [2.45, 2.75) is 50.0 Å². The number of rotatable bonds is 7. The molecule has 0 bridgehead atoms. The molecule has 0 aromatic carbocycles. The van der Waals surface area contributed by atoms with Crippen LogP contribution in [0, 0.1) is 5.92 Å². The molecule has 0 amide bonds. The first-order valence-corrected chi connectivity index (χ1v) is 7.88. The lowest BCUT2D eigenvalue weighted by molar-refractivity contribution is -0.300. The molecular formula is C15H26O8. The summed E-state index contributed by atoms with van der Waals surface area (Å²) in [6.07, 6.45) is -4.31. The zero-order chi connectivity index (χ0) is 17.0. The maximum absolute atomic E-state index is 9.86. The molecule has 1 heterocycles. The Bertz CT molecular complexity index is 410. The molecule has 2 rings (SSSR count). The van der Waals surface area contributed by atoms with Crippen LogP contribution in [-0.2, 0) is 9.47 Å². The SMILES string of the molecule is OCC1=C(CCOC2OC(CO)C(O)C(O)C2O)CCC1CO. The predicted octanol–water partition coefficient (Wildman–Crippen LogP) is -2.12. The largest absolute Gasteiger partial charge is 0.396 e. The van der Waals surface area contributed by atoms with Crippen LogP contribution in [0.5, 0.6) is 0 Å². The van der Waals surface area contributed by atoms with E-state index in [4.69, 9.17) is 14.6 Å². The molecular weight excluding hydrogens is 308 g/mol. The van der Waals surface area contributed by atoms with Gasteiger partial charge in [0.1, 0.15) is 24.4 Å². The second kappa shape index (κ2) is 8.50. The Labute approximate surface area is 134 Å². The van der Waals surface area contributed by atoms with E-state index >= 15 is 0 Å². The minimum absolute atomic E-state index is 0.00691. The van der Waals surface area contributed by atoms with Gasteiger partial charge in [-0.3, -0.25) is 0 Å². The van der Waals surface area contributed by atoms with Gasteiger partial charge in [0.15, 0.2) is 6.29 Å². The molecule has 0 spiro atoms. The zero-order valence-electron chi connectivity index (χ0n) is 12.9. The van der Waals surface area contributed by atoms with Gasteiger partial charge in [-0.25, -0.2) is 0 Å². The number of hydrogen-bond acceptors (Lipinski definition) is 8. The topological polar surface area (TPSA) is 140 Å². The van der Waals surface area contributed by atoms with Crippen LogP contribution in [0.2, 0.25) is 0 Å². The molecule has 1 saturated heterocycles. The van der Waals surface area contributed by atoms with E-state index in [1.54, 1.807) is 0 Å². The molecule has 8 heteroatoms. The third kappa shape index (κ3) is 4.09. The van der Waals surface area contributed by atoms with Gasteiger partial charge in [-0.2, -0.15) is 0 Å². The summed E-state index contributed by atoms with van der Waals surface area (Å²) in [6.45, 7) is -0.393. The van der Waals surface area contributed by atoms with Crippen molar-refractivity contribution in [3.8, 4) is 0 Å². The highest BCUT2D eigenvalue weighted by Crippen LogP contribution is 2.33. The first-order chi connectivity index (χ1) is 11.0. The highest BCUT2D eigenvalue weighted by molar-refractivity contribution is 5.23. The molecule has 1 aliphatic carbocycles. The lowest BCUT2D eigenvalue weighted by Gasteiger charge is -2.39. The van der Waals surface area contributed by atoms with Crippen LogP contribution in [0.3, 0.4) is 0 Å². The first kappa shape index (κ1) is 18.8. The Balaban J connectivity index is 1.88. The Hall–Kier alpha value is -0.580. The lowest BCUT2D eigenvalue weighted by atomic mass is 9.99. The highest BCUT2D eigenvalue weighted by atomic mass is 16.7. The van der Waals surface area contributed by atoms with Crippen LogP contribution in [0.25, 0.3) is 0 Å². The van der Waals surface area contributed by atoms with Gasteiger partial charge in [0.2, 0.25) is 0 Å². The van der Waals surface area contributed by atoms with Gasteiger partial charge in [-0.1, -0.05) is 5.57 Å². The van der Waals surface area contributed by atoms with E-state index in [2.05, 4.69) is 0 Å². The van der Waals surface area contributed by atoms with Gasteiger partial charge < -0.3 is 40.1 Å². The maximum atomic E-state index is 9.86. The Kier molecular flexibility index (Phi) is 6.93. The minimum Gasteiger partial charge on any atom is -0.396 e. The van der Waals surface area contributed by atoms with Crippen molar-refractivity contribution in [1.82, 2.24) is 0 Å². The van der Waals surface area contributed by atoms with Crippen LogP contribution in [-0.4, -0.2) is 87.8 Å². The quantitative estimate of drug-likeness (QED) is 0.291. The predicted molar refractivity (Wildman–Crippen MR) is 78.3 cm³/mol. The Morgan fingerprint density at radius 2 is 1.74 bits per heavy atom. The standard InChI is InChI=1S/C15H26O8/c16-5-9-2-1-8(10(9)6-17)3-4-22-15-14(21)13(20)12(19)11(7-18)23-15/h9,11-21H,1-7H2. The normalized spacial score (nSPS) is 38.3. The van der Waals surface area contributed by atoms with Gasteiger partial charge in [0.05, 0.1) is 19.8 Å². The Morgan fingerprint density at radius 1 is 1.00 bits per heavy atom. The lowest BCUT2D eigenvalue weighted by Crippen LogP contribution is -2.59. The molecule has 23 heavy (non-hydrogen) atoms. The smallest absolute Gasteiger partial charge is 0.186 e. The molecule has 0 radical (unpaired) electrons. The highest BCUT2D eigenvalue weighted by Gasteiger charge is 2.44. The first-order valence-electron chi connectivity index (χ1n) is 7.88. The van der Waals surface area contributed by atoms with Crippen LogP contribution >= 0.6 is 0 Å². The summed E-state index contributed by atoms with van der Waals surface area (Å²) in [6, 6.07) is 0. The zero-order valence-corrected chi connectivity index (χ0v) is 12.9. The average molecular weight is 334 g/mol. The van der Waals surface area contributed by atoms with Crippen molar-refractivity contribution in [3.63, 3.8) is 0 Å². The second-order valence-electron chi connectivity index (χ2n) is 6.02. The van der Waals surface area contributed by atoms with Gasteiger partial charge >= 0.3 is 0 Å². The molecule has 2 aliphatic rings. The van der Waals surface area contributed by atoms with E-state index in [-0.39, 0.29) is 25.7 Å². The molecule has 0 saturated carbocycles. The van der Waals surface area contributed by atoms with Crippen molar-refractivity contribution in [1.29, 1.82) is 0 Å². The van der Waals surface area contributed by atoms with E-state index in [0.717, 1.165) is 24.0 Å². The fourth-order valence-corrected chi connectivity index (χ4v) is 3.20. The molecule has 6 atom stereocenters. The van der Waals surface area contributed by atoms with Crippen molar-refractivity contribution in [2.24, 2.45) is 5.92 Å². The van der Waals surface area contributed by atoms with E-state index in [0.29, 0.717) is 6.42 Å². The fourth-order valence-electron chi connectivity index (χ4n) is 3.20. The van der Waals surface area contributed by atoms with Crippen LogP contribution in [0.15, 0.2) is 11.1 Å². The van der Waals surface area contributed by atoms with E-state index in [1.807, 2.05) is 0 Å². The maximum Gasteiger partial charge on any atom is 0.186 e. The van der Waals surface area contributed by atoms with Crippen molar-refractivity contribution in [2.75, 3.05) is 26.4 Å². The summed E-state index contributed by atoms with van der Waals surface area (Å²) < 4.78 is 10.7. The van der Waals surface area contributed by atoms with Gasteiger partial charge in [-0.05, 0) is 24.8 Å². The second-order valence-corrected chi connectivity index (χ2v) is 6.02. The molecule has 0 aromatic rings. The van der Waals surface area contributed by atoms with Crippen molar-refractivity contribution >= 4 is 0 Å². The van der Waals surface area contributed by atoms with Gasteiger partial charge in [0.25, 0.3) is 0 Å². The fraction of sp³-hybridized carbons (Fsp3) is 0.867. The van der Waals surface area contributed by atoms with Crippen molar-refractivity contribution in [3.05, 3.63) is 11.1 Å². The summed E-state index contributed by atoms with van der Waals surface area (Å²) in [7, 11) is 0. The molecule has 6 unspecified atom stereocenters. The number of hydrogen-bond donors (Lipinski definition) is 6. The summed E-state index contributed by atoms with van der Waals surface area (Å²) in [4.78, 5) is 0.